The first-order valence-corrected chi connectivity index (χ1v) is 4.46. The van der Waals surface area contributed by atoms with Crippen LogP contribution >= 0.6 is 0 Å². The fourth-order valence-corrected chi connectivity index (χ4v) is 1.63. The van der Waals surface area contributed by atoms with E-state index >= 15 is 0 Å². The van der Waals surface area contributed by atoms with Crippen molar-refractivity contribution >= 4 is 11.1 Å². The molecule has 0 bridgehead atoms. The molecule has 1 N–H and O–H groups in total. The largest absolute Gasteiger partial charge is 0.481 e. The van der Waals surface area contributed by atoms with E-state index in [0.29, 0.717) is 11.1 Å². The van der Waals surface area contributed by atoms with E-state index in [1.807, 2.05) is 24.3 Å². The van der Waals surface area contributed by atoms with E-state index in [0.717, 1.165) is 11.1 Å². The molecule has 0 atom stereocenters. The first-order chi connectivity index (χ1) is 7.27. The maximum Gasteiger partial charge on any atom is 0.284 e. The fraction of sp³-hybridized carbons (Fsp3) is 0.0833. The summed E-state index contributed by atoms with van der Waals surface area (Å²) in [6.07, 6.45) is 1.63. The highest BCUT2D eigenvalue weighted by molar-refractivity contribution is 6.00. The molecule has 3 heteroatoms. The molecular formula is C12H9NO2. The van der Waals surface area contributed by atoms with Gasteiger partial charge in [0.25, 0.3) is 5.95 Å². The minimum Gasteiger partial charge on any atom is -0.481 e. The highest BCUT2D eigenvalue weighted by atomic mass is 16.6. The summed E-state index contributed by atoms with van der Waals surface area (Å²) in [5.41, 5.74) is 2.76. The second kappa shape index (κ2) is 3.50. The zero-order chi connectivity index (χ0) is 10.8. The monoisotopic (exact) mass is 199 g/mol. The molecule has 0 heterocycles. The third-order valence-electron chi connectivity index (χ3n) is 2.34. The zero-order valence-corrected chi connectivity index (χ0v) is 8.19. The third kappa shape index (κ3) is 1.36. The van der Waals surface area contributed by atoms with Gasteiger partial charge < -0.3 is 9.84 Å². The molecule has 0 radical (unpaired) electrons. The molecule has 0 unspecified atom stereocenters. The number of ether oxygens (including phenoxy) is 1. The Morgan fingerprint density at radius 3 is 2.60 bits per heavy atom. The van der Waals surface area contributed by atoms with Crippen LogP contribution < -0.4 is 0 Å². The van der Waals surface area contributed by atoms with Gasteiger partial charge in [-0.25, -0.2) is 0 Å². The summed E-state index contributed by atoms with van der Waals surface area (Å²) < 4.78 is 4.76. The van der Waals surface area contributed by atoms with Crippen molar-refractivity contribution in [3.8, 4) is 6.07 Å². The maximum absolute atomic E-state index is 9.52. The number of rotatable bonds is 1. The lowest BCUT2D eigenvalue weighted by Crippen LogP contribution is -1.89. The van der Waals surface area contributed by atoms with E-state index in [9.17, 15) is 5.11 Å². The van der Waals surface area contributed by atoms with Crippen molar-refractivity contribution in [2.24, 2.45) is 0 Å². The van der Waals surface area contributed by atoms with Gasteiger partial charge in [-0.05, 0) is 11.6 Å². The molecule has 1 aromatic rings. The minimum absolute atomic E-state index is 0.160. The van der Waals surface area contributed by atoms with Crippen LogP contribution in [0.3, 0.4) is 0 Å². The van der Waals surface area contributed by atoms with Crippen LogP contribution in [0, 0.1) is 11.3 Å². The van der Waals surface area contributed by atoms with Gasteiger partial charge >= 0.3 is 0 Å². The van der Waals surface area contributed by atoms with Crippen LogP contribution in [0.15, 0.2) is 36.3 Å². The summed E-state index contributed by atoms with van der Waals surface area (Å²) in [6, 6.07) is 9.50. The Morgan fingerprint density at radius 1 is 1.33 bits per heavy atom. The Labute approximate surface area is 87.5 Å². The molecule has 0 amide bonds. The first-order valence-electron chi connectivity index (χ1n) is 4.46. The highest BCUT2D eigenvalue weighted by Crippen LogP contribution is 2.35. The van der Waals surface area contributed by atoms with E-state index in [2.05, 4.69) is 6.07 Å². The second-order valence-corrected chi connectivity index (χ2v) is 3.14. The van der Waals surface area contributed by atoms with E-state index in [-0.39, 0.29) is 5.95 Å². The van der Waals surface area contributed by atoms with Crippen LogP contribution in [0.2, 0.25) is 0 Å². The van der Waals surface area contributed by atoms with Crippen molar-refractivity contribution in [2.75, 3.05) is 7.11 Å². The van der Waals surface area contributed by atoms with Gasteiger partial charge in [0.1, 0.15) is 0 Å². The number of benzene rings is 1. The van der Waals surface area contributed by atoms with Gasteiger partial charge in [0.2, 0.25) is 0 Å². The summed E-state index contributed by atoms with van der Waals surface area (Å²) in [6.45, 7) is 0. The van der Waals surface area contributed by atoms with Gasteiger partial charge in [-0.3, -0.25) is 0 Å². The molecule has 0 saturated carbocycles. The van der Waals surface area contributed by atoms with Crippen molar-refractivity contribution in [1.29, 1.82) is 5.26 Å². The van der Waals surface area contributed by atoms with Crippen molar-refractivity contribution in [1.82, 2.24) is 0 Å². The molecule has 0 aliphatic heterocycles. The van der Waals surface area contributed by atoms with Crippen molar-refractivity contribution in [2.45, 2.75) is 0 Å². The predicted molar refractivity (Wildman–Crippen MR) is 56.6 cm³/mol. The van der Waals surface area contributed by atoms with Gasteiger partial charge in [-0.1, -0.05) is 24.3 Å². The van der Waals surface area contributed by atoms with Crippen LogP contribution in [0.4, 0.5) is 0 Å². The minimum atomic E-state index is -0.160. The molecule has 1 aromatic carbocycles. The SMILES string of the molecule is CO/C(O)=C1\C=C(C#N)c2ccccc21. The lowest BCUT2D eigenvalue weighted by molar-refractivity contribution is 0.139. The van der Waals surface area contributed by atoms with Crippen molar-refractivity contribution in [3.05, 3.63) is 47.4 Å². The number of aliphatic hydroxyl groups excluding tert-OH is 1. The Balaban J connectivity index is 2.68. The Kier molecular flexibility index (Phi) is 2.18. The highest BCUT2D eigenvalue weighted by Gasteiger charge is 2.21. The van der Waals surface area contributed by atoms with Gasteiger partial charge in [0.05, 0.1) is 24.3 Å². The standard InChI is InChI=1S/C12H9NO2/c1-15-12(14)11-6-8(7-13)9-4-2-3-5-10(9)11/h2-6,14H,1H3/b12-11+. The third-order valence-corrected chi connectivity index (χ3v) is 2.34. The number of methoxy groups -OCH3 is 1. The molecule has 0 fully saturated rings. The van der Waals surface area contributed by atoms with Crippen LogP contribution in [0.5, 0.6) is 0 Å². The molecule has 1 aliphatic carbocycles. The number of hydrogen-bond donors (Lipinski definition) is 1. The zero-order valence-electron chi connectivity index (χ0n) is 8.19. The summed E-state index contributed by atoms with van der Waals surface area (Å²) >= 11 is 0. The molecule has 3 nitrogen and oxygen atoms in total. The van der Waals surface area contributed by atoms with Crippen LogP contribution in [0.25, 0.3) is 11.1 Å². The molecule has 0 spiro atoms. The Hall–Kier alpha value is -2.21. The molecule has 2 rings (SSSR count). The summed E-state index contributed by atoms with van der Waals surface area (Å²) in [5, 5.41) is 18.4. The van der Waals surface area contributed by atoms with E-state index < -0.39 is 0 Å². The van der Waals surface area contributed by atoms with Gasteiger partial charge in [-0.15, -0.1) is 0 Å². The molecule has 15 heavy (non-hydrogen) atoms. The van der Waals surface area contributed by atoms with Gasteiger partial charge in [0.15, 0.2) is 0 Å². The maximum atomic E-state index is 9.52. The molecule has 0 aromatic heterocycles. The Bertz CT molecular complexity index is 507. The van der Waals surface area contributed by atoms with Crippen molar-refractivity contribution in [3.63, 3.8) is 0 Å². The average molecular weight is 199 g/mol. The topological polar surface area (TPSA) is 53.2 Å². The number of hydrogen-bond acceptors (Lipinski definition) is 3. The quantitative estimate of drug-likeness (QED) is 0.707. The molecule has 0 saturated heterocycles. The predicted octanol–water partition coefficient (Wildman–Crippen LogP) is 2.48. The molecule has 1 aliphatic rings. The normalized spacial score (nSPS) is 16.4. The van der Waals surface area contributed by atoms with Crippen LogP contribution in [0.1, 0.15) is 11.1 Å². The van der Waals surface area contributed by atoms with Crippen LogP contribution in [-0.4, -0.2) is 12.2 Å². The van der Waals surface area contributed by atoms with E-state index in [1.54, 1.807) is 6.08 Å². The smallest absolute Gasteiger partial charge is 0.284 e. The summed E-state index contributed by atoms with van der Waals surface area (Å²) in [5.74, 6) is -0.160. The number of nitriles is 1. The lowest BCUT2D eigenvalue weighted by Gasteiger charge is -2.03. The number of allylic oxidation sites excluding steroid dienone is 3. The van der Waals surface area contributed by atoms with E-state index in [4.69, 9.17) is 10.00 Å². The van der Waals surface area contributed by atoms with E-state index in [1.165, 1.54) is 7.11 Å². The van der Waals surface area contributed by atoms with Crippen molar-refractivity contribution < 1.29 is 9.84 Å². The molecule has 74 valence electrons. The van der Waals surface area contributed by atoms with Gasteiger partial charge in [-0.2, -0.15) is 5.26 Å². The summed E-state index contributed by atoms with van der Waals surface area (Å²) in [4.78, 5) is 0. The first kappa shape index (κ1) is 9.35. The second-order valence-electron chi connectivity index (χ2n) is 3.14. The molecular weight excluding hydrogens is 190 g/mol. The number of nitrogens with zero attached hydrogens (tertiary/aromatic N) is 1. The average Bonchev–Trinajstić information content (AvgIpc) is 2.67. The number of aliphatic hydroxyl groups is 1. The summed E-state index contributed by atoms with van der Waals surface area (Å²) in [7, 11) is 1.39. The van der Waals surface area contributed by atoms with Gasteiger partial charge in [0, 0.05) is 5.56 Å². The Morgan fingerprint density at radius 2 is 2.00 bits per heavy atom. The number of fused-ring (bicyclic) bond motifs is 1. The fourth-order valence-electron chi connectivity index (χ4n) is 1.63. The lowest BCUT2D eigenvalue weighted by atomic mass is 10.1. The van der Waals surface area contributed by atoms with Crippen LogP contribution in [-0.2, 0) is 4.74 Å².